The third-order valence-corrected chi connectivity index (χ3v) is 3.06. The van der Waals surface area contributed by atoms with Crippen LogP contribution in [0.5, 0.6) is 5.75 Å². The largest absolute Gasteiger partial charge is 0.508 e. The highest BCUT2D eigenvalue weighted by molar-refractivity contribution is 5.68. The molecule has 0 heterocycles. The number of aromatic hydroxyl groups is 1. The van der Waals surface area contributed by atoms with Crippen molar-refractivity contribution in [2.45, 2.75) is 33.1 Å². The summed E-state index contributed by atoms with van der Waals surface area (Å²) in [5.74, 6) is 0.353. The molecule has 100 valence electrons. The molecule has 0 spiro atoms. The van der Waals surface area contributed by atoms with E-state index in [4.69, 9.17) is 0 Å². The predicted octanol–water partition coefficient (Wildman–Crippen LogP) is 4.74. The molecule has 2 aromatic carbocycles. The van der Waals surface area contributed by atoms with E-state index >= 15 is 0 Å². The van der Waals surface area contributed by atoms with Gasteiger partial charge >= 0.3 is 0 Å². The van der Waals surface area contributed by atoms with Gasteiger partial charge in [-0.1, -0.05) is 39.0 Å². The number of aryl methyl sites for hydroxylation is 1. The second-order valence-electron chi connectivity index (χ2n) is 5.95. The van der Waals surface area contributed by atoms with Gasteiger partial charge in [0.15, 0.2) is 0 Å². The first-order chi connectivity index (χ1) is 8.88. The maximum absolute atomic E-state index is 10.2. The normalized spacial score (nSPS) is 11.4. The fraction of sp³-hybridized carbons (Fsp3) is 0.294. The van der Waals surface area contributed by atoms with Crippen molar-refractivity contribution >= 4 is 11.4 Å². The summed E-state index contributed by atoms with van der Waals surface area (Å²) in [6.45, 7) is 8.30. The fourth-order valence-electron chi connectivity index (χ4n) is 2.33. The molecule has 0 radical (unpaired) electrons. The van der Waals surface area contributed by atoms with Gasteiger partial charge in [-0.05, 0) is 42.2 Å². The Morgan fingerprint density at radius 1 is 1.00 bits per heavy atom. The van der Waals surface area contributed by atoms with Crippen molar-refractivity contribution in [2.24, 2.45) is 0 Å². The summed E-state index contributed by atoms with van der Waals surface area (Å²) in [4.78, 5) is 0. The zero-order valence-corrected chi connectivity index (χ0v) is 12.0. The number of nitrogens with one attached hydrogen (secondary N) is 1. The van der Waals surface area contributed by atoms with Crippen LogP contribution in [0.25, 0.3) is 0 Å². The highest BCUT2D eigenvalue weighted by Crippen LogP contribution is 2.38. The molecule has 0 aliphatic rings. The molecule has 0 saturated heterocycles. The SMILES string of the molecule is Cc1cc(O)c(C(C)(C)C)c(Nc2ccccc2)c1. The van der Waals surface area contributed by atoms with Gasteiger partial charge in [0.1, 0.15) is 5.75 Å². The average Bonchev–Trinajstić information content (AvgIpc) is 2.27. The monoisotopic (exact) mass is 255 g/mol. The smallest absolute Gasteiger partial charge is 0.121 e. The second kappa shape index (κ2) is 4.96. The topological polar surface area (TPSA) is 32.3 Å². The standard InChI is InChI=1S/C17H21NO/c1-12-10-14(18-13-8-6-5-7-9-13)16(15(19)11-12)17(2,3)4/h5-11,18-19H,1-4H3. The van der Waals surface area contributed by atoms with Crippen molar-refractivity contribution in [1.29, 1.82) is 0 Å². The molecule has 19 heavy (non-hydrogen) atoms. The maximum atomic E-state index is 10.2. The molecule has 2 heteroatoms. The van der Waals surface area contributed by atoms with Crippen LogP contribution in [-0.4, -0.2) is 5.11 Å². The molecule has 0 bridgehead atoms. The lowest BCUT2D eigenvalue weighted by molar-refractivity contribution is 0.447. The van der Waals surface area contributed by atoms with Gasteiger partial charge in [0.2, 0.25) is 0 Å². The molecule has 0 amide bonds. The van der Waals surface area contributed by atoms with Crippen LogP contribution in [-0.2, 0) is 5.41 Å². The molecule has 0 fully saturated rings. The van der Waals surface area contributed by atoms with Crippen molar-refractivity contribution in [3.63, 3.8) is 0 Å². The van der Waals surface area contributed by atoms with Crippen molar-refractivity contribution in [1.82, 2.24) is 0 Å². The van der Waals surface area contributed by atoms with Crippen LogP contribution < -0.4 is 5.32 Å². The van der Waals surface area contributed by atoms with Gasteiger partial charge < -0.3 is 10.4 Å². The summed E-state index contributed by atoms with van der Waals surface area (Å²) in [6.07, 6.45) is 0. The Kier molecular flexibility index (Phi) is 3.52. The van der Waals surface area contributed by atoms with Gasteiger partial charge in [0.05, 0.1) is 0 Å². The number of phenols is 1. The first-order valence-electron chi connectivity index (χ1n) is 6.54. The maximum Gasteiger partial charge on any atom is 0.121 e. The van der Waals surface area contributed by atoms with Gasteiger partial charge in [-0.2, -0.15) is 0 Å². The van der Waals surface area contributed by atoms with Crippen LogP contribution in [0.1, 0.15) is 31.9 Å². The molecule has 2 nitrogen and oxygen atoms in total. The molecular formula is C17H21NO. The first-order valence-corrected chi connectivity index (χ1v) is 6.54. The molecule has 0 unspecified atom stereocenters. The van der Waals surface area contributed by atoms with Crippen molar-refractivity contribution < 1.29 is 5.11 Å². The van der Waals surface area contributed by atoms with E-state index in [0.717, 1.165) is 22.5 Å². The number of hydrogen-bond donors (Lipinski definition) is 2. The fourth-order valence-corrected chi connectivity index (χ4v) is 2.33. The van der Waals surface area contributed by atoms with Gasteiger partial charge in [0.25, 0.3) is 0 Å². The van der Waals surface area contributed by atoms with E-state index in [0.29, 0.717) is 5.75 Å². The number of benzene rings is 2. The van der Waals surface area contributed by atoms with Crippen LogP contribution >= 0.6 is 0 Å². The van der Waals surface area contributed by atoms with Crippen molar-refractivity contribution in [3.05, 3.63) is 53.6 Å². The van der Waals surface area contributed by atoms with Crippen molar-refractivity contribution in [2.75, 3.05) is 5.32 Å². The van der Waals surface area contributed by atoms with E-state index in [1.165, 1.54) is 0 Å². The number of anilines is 2. The van der Waals surface area contributed by atoms with Gasteiger partial charge in [-0.15, -0.1) is 0 Å². The Hall–Kier alpha value is -1.96. The molecule has 0 aliphatic heterocycles. The summed E-state index contributed by atoms with van der Waals surface area (Å²) in [7, 11) is 0. The zero-order chi connectivity index (χ0) is 14.0. The molecule has 2 rings (SSSR count). The average molecular weight is 255 g/mol. The highest BCUT2D eigenvalue weighted by atomic mass is 16.3. The molecule has 2 aromatic rings. The summed E-state index contributed by atoms with van der Waals surface area (Å²) < 4.78 is 0. The summed E-state index contributed by atoms with van der Waals surface area (Å²) in [5.41, 5.74) is 3.87. The number of phenolic OH excluding ortho intramolecular Hbond substituents is 1. The third-order valence-electron chi connectivity index (χ3n) is 3.06. The lowest BCUT2D eigenvalue weighted by Gasteiger charge is -2.25. The summed E-state index contributed by atoms with van der Waals surface area (Å²) in [6, 6.07) is 13.9. The number of rotatable bonds is 2. The Bertz CT molecular complexity index is 568. The van der Waals surface area contributed by atoms with Gasteiger partial charge in [-0.25, -0.2) is 0 Å². The van der Waals surface area contributed by atoms with Crippen LogP contribution in [0.4, 0.5) is 11.4 Å². The Morgan fingerprint density at radius 2 is 1.63 bits per heavy atom. The van der Waals surface area contributed by atoms with Crippen LogP contribution in [0.15, 0.2) is 42.5 Å². The van der Waals surface area contributed by atoms with Crippen LogP contribution in [0, 0.1) is 6.92 Å². The number of para-hydroxylation sites is 1. The van der Waals surface area contributed by atoms with E-state index < -0.39 is 0 Å². The lowest BCUT2D eigenvalue weighted by Crippen LogP contribution is -2.14. The van der Waals surface area contributed by atoms with E-state index in [2.05, 4.69) is 32.2 Å². The predicted molar refractivity (Wildman–Crippen MR) is 81.3 cm³/mol. The quantitative estimate of drug-likeness (QED) is 0.812. The number of hydrogen-bond acceptors (Lipinski definition) is 2. The molecule has 0 saturated carbocycles. The zero-order valence-electron chi connectivity index (χ0n) is 12.0. The van der Waals surface area contributed by atoms with E-state index in [1.807, 2.05) is 43.3 Å². The molecule has 0 atom stereocenters. The van der Waals surface area contributed by atoms with Crippen molar-refractivity contribution in [3.8, 4) is 5.75 Å². The minimum atomic E-state index is -0.116. The Labute approximate surface area is 115 Å². The third kappa shape index (κ3) is 3.08. The van der Waals surface area contributed by atoms with Gasteiger partial charge in [-0.3, -0.25) is 0 Å². The van der Waals surface area contributed by atoms with E-state index in [-0.39, 0.29) is 5.41 Å². The first kappa shape index (κ1) is 13.5. The Balaban J connectivity index is 2.50. The lowest BCUT2D eigenvalue weighted by atomic mass is 9.84. The Morgan fingerprint density at radius 3 is 2.21 bits per heavy atom. The van der Waals surface area contributed by atoms with Crippen LogP contribution in [0.3, 0.4) is 0 Å². The van der Waals surface area contributed by atoms with E-state index in [9.17, 15) is 5.11 Å². The molecule has 2 N–H and O–H groups in total. The molecular weight excluding hydrogens is 234 g/mol. The molecule has 0 aromatic heterocycles. The van der Waals surface area contributed by atoms with Crippen LogP contribution in [0.2, 0.25) is 0 Å². The summed E-state index contributed by atoms with van der Waals surface area (Å²) in [5, 5.41) is 13.6. The van der Waals surface area contributed by atoms with E-state index in [1.54, 1.807) is 0 Å². The molecule has 0 aliphatic carbocycles. The summed E-state index contributed by atoms with van der Waals surface area (Å²) >= 11 is 0. The second-order valence-corrected chi connectivity index (χ2v) is 5.95. The van der Waals surface area contributed by atoms with Gasteiger partial charge in [0, 0.05) is 16.9 Å². The highest BCUT2D eigenvalue weighted by Gasteiger charge is 2.22. The minimum Gasteiger partial charge on any atom is -0.508 e. The minimum absolute atomic E-state index is 0.116.